The van der Waals surface area contributed by atoms with Crippen LogP contribution in [0.3, 0.4) is 0 Å². The topological polar surface area (TPSA) is 63.3 Å². The van der Waals surface area contributed by atoms with Crippen molar-refractivity contribution in [2.24, 2.45) is 0 Å². The van der Waals surface area contributed by atoms with Gasteiger partial charge in [0.05, 0.1) is 11.3 Å². The van der Waals surface area contributed by atoms with Crippen LogP contribution in [0.5, 0.6) is 0 Å². The molecule has 3 rings (SSSR count). The number of rotatable bonds is 3. The monoisotopic (exact) mass is 355 g/mol. The van der Waals surface area contributed by atoms with Crippen LogP contribution in [0, 0.1) is 3.57 Å². The first-order valence-corrected chi connectivity index (χ1v) is 6.73. The largest absolute Gasteiger partial charge is 0.475 e. The molecular formula is C13H10INO3. The molecule has 92 valence electrons. The zero-order chi connectivity index (χ0) is 12.7. The van der Waals surface area contributed by atoms with Gasteiger partial charge in [0.15, 0.2) is 0 Å². The standard InChI is InChI=1S/C13H10INO3/c14-9-4-2-1-3-8(9)12-15-10(7-5-6-7)11(18-12)13(16)17/h1-4,7H,5-6H2,(H,16,17). The minimum atomic E-state index is -1.04. The van der Waals surface area contributed by atoms with Crippen molar-refractivity contribution in [3.05, 3.63) is 39.3 Å². The van der Waals surface area contributed by atoms with Crippen molar-refractivity contribution in [1.82, 2.24) is 4.98 Å². The number of nitrogens with zero attached hydrogens (tertiary/aromatic N) is 1. The van der Waals surface area contributed by atoms with E-state index in [0.717, 1.165) is 22.0 Å². The van der Waals surface area contributed by atoms with Gasteiger partial charge in [0.2, 0.25) is 11.7 Å². The van der Waals surface area contributed by atoms with Crippen molar-refractivity contribution in [1.29, 1.82) is 0 Å². The van der Waals surface area contributed by atoms with Crippen LogP contribution >= 0.6 is 22.6 Å². The highest BCUT2D eigenvalue weighted by Crippen LogP contribution is 2.42. The Labute approximate surface area is 117 Å². The Hall–Kier alpha value is -1.37. The van der Waals surface area contributed by atoms with Crippen LogP contribution < -0.4 is 0 Å². The second-order valence-corrected chi connectivity index (χ2v) is 5.45. The maximum atomic E-state index is 11.1. The Morgan fingerprint density at radius 3 is 2.72 bits per heavy atom. The number of carboxylic acid groups (broad SMARTS) is 1. The van der Waals surface area contributed by atoms with Gasteiger partial charge in [0.25, 0.3) is 0 Å². The summed E-state index contributed by atoms with van der Waals surface area (Å²) in [6.07, 6.45) is 2.00. The summed E-state index contributed by atoms with van der Waals surface area (Å²) >= 11 is 2.19. The molecule has 4 nitrogen and oxygen atoms in total. The van der Waals surface area contributed by atoms with Crippen LogP contribution in [0.15, 0.2) is 28.7 Å². The first kappa shape index (κ1) is 11.7. The number of hydrogen-bond acceptors (Lipinski definition) is 3. The maximum Gasteiger partial charge on any atom is 0.373 e. The predicted octanol–water partition coefficient (Wildman–Crippen LogP) is 3.52. The first-order valence-electron chi connectivity index (χ1n) is 5.65. The summed E-state index contributed by atoms with van der Waals surface area (Å²) in [6.45, 7) is 0. The molecule has 1 N–H and O–H groups in total. The number of halogens is 1. The van der Waals surface area contributed by atoms with E-state index < -0.39 is 5.97 Å². The lowest BCUT2D eigenvalue weighted by Gasteiger charge is -1.97. The second-order valence-electron chi connectivity index (χ2n) is 4.29. The van der Waals surface area contributed by atoms with Gasteiger partial charge < -0.3 is 9.52 Å². The minimum Gasteiger partial charge on any atom is -0.475 e. The molecule has 0 saturated heterocycles. The van der Waals surface area contributed by atoms with Crippen molar-refractivity contribution >= 4 is 28.6 Å². The van der Waals surface area contributed by atoms with Gasteiger partial charge in [-0.2, -0.15) is 0 Å². The molecule has 0 radical (unpaired) electrons. The molecule has 0 amide bonds. The van der Waals surface area contributed by atoms with E-state index in [0.29, 0.717) is 11.6 Å². The van der Waals surface area contributed by atoms with Crippen molar-refractivity contribution < 1.29 is 14.3 Å². The molecule has 0 atom stereocenters. The lowest BCUT2D eigenvalue weighted by molar-refractivity contribution is 0.0661. The van der Waals surface area contributed by atoms with Crippen LogP contribution in [0.25, 0.3) is 11.5 Å². The molecule has 1 saturated carbocycles. The Bertz CT molecular complexity index is 616. The molecule has 1 fully saturated rings. The fourth-order valence-electron chi connectivity index (χ4n) is 1.87. The third-order valence-corrected chi connectivity index (χ3v) is 3.86. The zero-order valence-electron chi connectivity index (χ0n) is 9.39. The SMILES string of the molecule is O=C(O)c1oc(-c2ccccc2I)nc1C1CC1. The highest BCUT2D eigenvalue weighted by atomic mass is 127. The quantitative estimate of drug-likeness (QED) is 0.856. The Morgan fingerprint density at radius 1 is 1.39 bits per heavy atom. The summed E-state index contributed by atoms with van der Waals surface area (Å²) in [6, 6.07) is 7.64. The molecule has 1 aliphatic rings. The van der Waals surface area contributed by atoms with Gasteiger partial charge in [-0.05, 0) is 47.6 Å². The molecule has 5 heteroatoms. The van der Waals surface area contributed by atoms with Crippen LogP contribution in [0.2, 0.25) is 0 Å². The third-order valence-electron chi connectivity index (χ3n) is 2.92. The van der Waals surface area contributed by atoms with E-state index in [1.54, 1.807) is 0 Å². The number of hydrogen-bond donors (Lipinski definition) is 1. The molecule has 1 aliphatic carbocycles. The van der Waals surface area contributed by atoms with Crippen molar-refractivity contribution in [2.45, 2.75) is 18.8 Å². The second kappa shape index (κ2) is 4.38. The molecule has 0 spiro atoms. The van der Waals surface area contributed by atoms with E-state index in [4.69, 9.17) is 9.52 Å². The number of carbonyl (C=O) groups is 1. The summed E-state index contributed by atoms with van der Waals surface area (Å²) < 4.78 is 6.42. The Balaban J connectivity index is 2.11. The maximum absolute atomic E-state index is 11.1. The van der Waals surface area contributed by atoms with Gasteiger partial charge >= 0.3 is 5.97 Å². The third kappa shape index (κ3) is 2.03. The van der Waals surface area contributed by atoms with Crippen LogP contribution in [-0.2, 0) is 0 Å². The van der Waals surface area contributed by atoms with Gasteiger partial charge in [-0.25, -0.2) is 9.78 Å². The van der Waals surface area contributed by atoms with Gasteiger partial charge in [-0.1, -0.05) is 12.1 Å². The number of oxazole rings is 1. The summed E-state index contributed by atoms with van der Waals surface area (Å²) in [5.74, 6) is -0.386. The number of benzene rings is 1. The van der Waals surface area contributed by atoms with E-state index in [9.17, 15) is 4.79 Å². The lowest BCUT2D eigenvalue weighted by atomic mass is 10.2. The van der Waals surface area contributed by atoms with E-state index in [1.807, 2.05) is 24.3 Å². The molecule has 2 aromatic rings. The minimum absolute atomic E-state index is 0.00727. The zero-order valence-corrected chi connectivity index (χ0v) is 11.5. The average molecular weight is 355 g/mol. The number of aromatic carboxylic acids is 1. The summed E-state index contributed by atoms with van der Waals surface area (Å²) in [5.41, 5.74) is 1.43. The molecule has 0 bridgehead atoms. The van der Waals surface area contributed by atoms with Gasteiger partial charge in [0, 0.05) is 9.49 Å². The number of aromatic nitrogens is 1. The summed E-state index contributed by atoms with van der Waals surface area (Å²) in [7, 11) is 0. The molecule has 1 heterocycles. The van der Waals surface area contributed by atoms with E-state index in [1.165, 1.54) is 0 Å². The van der Waals surface area contributed by atoms with E-state index in [2.05, 4.69) is 27.6 Å². The normalized spacial score (nSPS) is 14.7. The summed E-state index contributed by atoms with van der Waals surface area (Å²) in [4.78, 5) is 15.5. The number of carboxylic acids is 1. The van der Waals surface area contributed by atoms with Crippen LogP contribution in [0.1, 0.15) is 35.0 Å². The Morgan fingerprint density at radius 2 is 2.11 bits per heavy atom. The smallest absolute Gasteiger partial charge is 0.373 e. The highest BCUT2D eigenvalue weighted by molar-refractivity contribution is 14.1. The first-order chi connectivity index (χ1) is 8.66. The molecule has 0 unspecified atom stereocenters. The van der Waals surface area contributed by atoms with Gasteiger partial charge in [-0.15, -0.1) is 0 Å². The van der Waals surface area contributed by atoms with Crippen molar-refractivity contribution in [3.63, 3.8) is 0 Å². The average Bonchev–Trinajstić information content (AvgIpc) is 3.09. The molecule has 18 heavy (non-hydrogen) atoms. The predicted molar refractivity (Wildman–Crippen MR) is 73.6 cm³/mol. The molecular weight excluding hydrogens is 345 g/mol. The lowest BCUT2D eigenvalue weighted by Crippen LogP contribution is -1.98. The molecule has 1 aromatic heterocycles. The van der Waals surface area contributed by atoms with Gasteiger partial charge in [0.1, 0.15) is 0 Å². The van der Waals surface area contributed by atoms with Crippen LogP contribution in [-0.4, -0.2) is 16.1 Å². The molecule has 0 aliphatic heterocycles. The van der Waals surface area contributed by atoms with Crippen molar-refractivity contribution in [3.8, 4) is 11.5 Å². The van der Waals surface area contributed by atoms with Crippen LogP contribution in [0.4, 0.5) is 0 Å². The highest BCUT2D eigenvalue weighted by Gasteiger charge is 2.33. The fraction of sp³-hybridized carbons (Fsp3) is 0.231. The fourth-order valence-corrected chi connectivity index (χ4v) is 2.49. The Kier molecular flexibility index (Phi) is 2.85. The van der Waals surface area contributed by atoms with Crippen molar-refractivity contribution in [2.75, 3.05) is 0 Å². The molecule has 1 aromatic carbocycles. The van der Waals surface area contributed by atoms with E-state index in [-0.39, 0.29) is 11.7 Å². The van der Waals surface area contributed by atoms with E-state index >= 15 is 0 Å². The summed E-state index contributed by atoms with van der Waals surface area (Å²) in [5, 5.41) is 9.14. The van der Waals surface area contributed by atoms with Gasteiger partial charge in [-0.3, -0.25) is 0 Å².